The van der Waals surface area contributed by atoms with Gasteiger partial charge in [0.1, 0.15) is 5.82 Å². The van der Waals surface area contributed by atoms with Crippen LogP contribution in [0.3, 0.4) is 0 Å². The van der Waals surface area contributed by atoms with Gasteiger partial charge in [0.05, 0.1) is 11.3 Å². The molecule has 0 N–H and O–H groups in total. The molecular formula is C20H25F3N4. The first-order chi connectivity index (χ1) is 12.7. The highest BCUT2D eigenvalue weighted by Gasteiger charge is 2.32. The van der Waals surface area contributed by atoms with E-state index in [2.05, 4.69) is 21.8 Å². The molecule has 7 heteroatoms. The van der Waals surface area contributed by atoms with Crippen molar-refractivity contribution in [3.63, 3.8) is 0 Å². The molecule has 146 valence electrons. The van der Waals surface area contributed by atoms with Crippen molar-refractivity contribution in [2.45, 2.75) is 12.7 Å². The second-order valence-corrected chi connectivity index (χ2v) is 7.27. The molecular weight excluding hydrogens is 353 g/mol. The maximum atomic E-state index is 13.2. The summed E-state index contributed by atoms with van der Waals surface area (Å²) in [7, 11) is 5.49. The summed E-state index contributed by atoms with van der Waals surface area (Å²) >= 11 is 0. The number of aromatic nitrogens is 1. The number of likely N-dealkylation sites (N-methyl/N-ethyl adjacent to an activating group) is 1. The molecule has 1 fully saturated rings. The molecule has 0 spiro atoms. The molecule has 1 aromatic carbocycles. The van der Waals surface area contributed by atoms with E-state index in [1.807, 2.05) is 24.3 Å². The lowest BCUT2D eigenvalue weighted by molar-refractivity contribution is -0.137. The zero-order valence-electron chi connectivity index (χ0n) is 15.9. The summed E-state index contributed by atoms with van der Waals surface area (Å²) in [5.74, 6) is 0.293. The Kier molecular flexibility index (Phi) is 5.72. The zero-order valence-corrected chi connectivity index (χ0v) is 15.9. The summed E-state index contributed by atoms with van der Waals surface area (Å²) in [6, 6.07) is 9.85. The van der Waals surface area contributed by atoms with E-state index in [1.165, 1.54) is 0 Å². The fourth-order valence-corrected chi connectivity index (χ4v) is 3.10. The van der Waals surface area contributed by atoms with Crippen molar-refractivity contribution >= 4 is 5.82 Å². The minimum atomic E-state index is -4.40. The highest BCUT2D eigenvalue weighted by Crippen LogP contribution is 2.34. The van der Waals surface area contributed by atoms with Crippen molar-refractivity contribution in [2.75, 3.05) is 52.2 Å². The number of halogens is 3. The Morgan fingerprint density at radius 2 is 1.63 bits per heavy atom. The lowest BCUT2D eigenvalue weighted by Gasteiger charge is -2.32. The van der Waals surface area contributed by atoms with E-state index in [0.29, 0.717) is 17.1 Å². The van der Waals surface area contributed by atoms with Gasteiger partial charge in [0.15, 0.2) is 0 Å². The molecule has 1 aromatic heterocycles. The van der Waals surface area contributed by atoms with Gasteiger partial charge >= 0.3 is 6.18 Å². The highest BCUT2D eigenvalue weighted by atomic mass is 19.4. The van der Waals surface area contributed by atoms with Crippen molar-refractivity contribution in [1.82, 2.24) is 14.8 Å². The van der Waals surface area contributed by atoms with Gasteiger partial charge in [-0.1, -0.05) is 24.3 Å². The summed E-state index contributed by atoms with van der Waals surface area (Å²) < 4.78 is 39.7. The normalized spacial score (nSPS) is 16.5. The number of hydrogen-bond acceptors (Lipinski definition) is 4. The van der Waals surface area contributed by atoms with Crippen LogP contribution in [0.1, 0.15) is 11.1 Å². The van der Waals surface area contributed by atoms with Gasteiger partial charge < -0.3 is 9.80 Å². The highest BCUT2D eigenvalue weighted by molar-refractivity contribution is 5.63. The topological polar surface area (TPSA) is 22.6 Å². The Hall–Kier alpha value is -2.12. The molecule has 4 nitrogen and oxygen atoms in total. The van der Waals surface area contributed by atoms with Crippen LogP contribution in [0.2, 0.25) is 0 Å². The van der Waals surface area contributed by atoms with E-state index in [0.717, 1.165) is 50.4 Å². The van der Waals surface area contributed by atoms with Crippen LogP contribution in [-0.2, 0) is 12.7 Å². The molecule has 0 atom stereocenters. The van der Waals surface area contributed by atoms with Crippen molar-refractivity contribution in [3.8, 4) is 11.3 Å². The van der Waals surface area contributed by atoms with Crippen LogP contribution in [-0.4, -0.2) is 62.1 Å². The zero-order chi connectivity index (χ0) is 19.6. The van der Waals surface area contributed by atoms with Gasteiger partial charge in [0.25, 0.3) is 0 Å². The monoisotopic (exact) mass is 378 g/mol. The van der Waals surface area contributed by atoms with Gasteiger partial charge in [-0.15, -0.1) is 0 Å². The van der Waals surface area contributed by atoms with Crippen molar-refractivity contribution in [1.29, 1.82) is 0 Å². The van der Waals surface area contributed by atoms with Crippen molar-refractivity contribution in [3.05, 3.63) is 47.5 Å². The predicted octanol–water partition coefficient (Wildman–Crippen LogP) is 3.58. The molecule has 0 saturated carbocycles. The van der Waals surface area contributed by atoms with Gasteiger partial charge in [-0.25, -0.2) is 4.98 Å². The SMILES string of the molecule is CN1CCN(Cc2ccc(-c3cc(C(F)(F)F)cc(N(C)C)n3)cc2)CC1. The molecule has 1 saturated heterocycles. The molecule has 2 aromatic rings. The summed E-state index contributed by atoms with van der Waals surface area (Å²) in [5, 5.41) is 0. The van der Waals surface area contributed by atoms with Gasteiger partial charge in [0.2, 0.25) is 0 Å². The van der Waals surface area contributed by atoms with Crippen LogP contribution >= 0.6 is 0 Å². The molecule has 0 radical (unpaired) electrons. The molecule has 0 bridgehead atoms. The Labute approximate surface area is 158 Å². The van der Waals surface area contributed by atoms with Crippen LogP contribution in [0, 0.1) is 0 Å². The number of alkyl halides is 3. The van der Waals surface area contributed by atoms with Gasteiger partial charge in [-0.2, -0.15) is 13.2 Å². The van der Waals surface area contributed by atoms with Crippen molar-refractivity contribution < 1.29 is 13.2 Å². The second kappa shape index (κ2) is 7.86. The van der Waals surface area contributed by atoms with E-state index in [9.17, 15) is 13.2 Å². The fraction of sp³-hybridized carbons (Fsp3) is 0.450. The molecule has 3 rings (SSSR count). The largest absolute Gasteiger partial charge is 0.416 e. The molecule has 27 heavy (non-hydrogen) atoms. The Morgan fingerprint density at radius 1 is 1.00 bits per heavy atom. The third-order valence-electron chi connectivity index (χ3n) is 4.85. The molecule has 0 aliphatic carbocycles. The van der Waals surface area contributed by atoms with Crippen LogP contribution in [0.15, 0.2) is 36.4 Å². The van der Waals surface area contributed by atoms with E-state index < -0.39 is 11.7 Å². The Bertz CT molecular complexity index is 764. The molecule has 1 aliphatic heterocycles. The predicted molar refractivity (Wildman–Crippen MR) is 102 cm³/mol. The quantitative estimate of drug-likeness (QED) is 0.811. The van der Waals surface area contributed by atoms with Gasteiger partial charge in [0, 0.05) is 52.4 Å². The number of nitrogens with zero attached hydrogens (tertiary/aromatic N) is 4. The molecule has 2 heterocycles. The minimum Gasteiger partial charge on any atom is -0.363 e. The first-order valence-electron chi connectivity index (χ1n) is 8.99. The molecule has 0 unspecified atom stereocenters. The standard InChI is InChI=1S/C20H25F3N4/c1-25(2)19-13-17(20(21,22)23)12-18(24-19)16-6-4-15(5-7-16)14-27-10-8-26(3)9-11-27/h4-7,12-13H,8-11,14H2,1-3H3. The number of piperazine rings is 1. The summed E-state index contributed by atoms with van der Waals surface area (Å²) in [6.07, 6.45) is -4.40. The fourth-order valence-electron chi connectivity index (χ4n) is 3.10. The van der Waals surface area contributed by atoms with Crippen molar-refractivity contribution in [2.24, 2.45) is 0 Å². The number of benzene rings is 1. The van der Waals surface area contributed by atoms with Gasteiger partial charge in [-0.05, 0) is 24.7 Å². The average molecular weight is 378 g/mol. The van der Waals surface area contributed by atoms with E-state index in [1.54, 1.807) is 19.0 Å². The van der Waals surface area contributed by atoms with Crippen LogP contribution in [0.25, 0.3) is 11.3 Å². The number of rotatable bonds is 4. The Morgan fingerprint density at radius 3 is 2.19 bits per heavy atom. The van der Waals surface area contributed by atoms with E-state index in [4.69, 9.17) is 0 Å². The number of hydrogen-bond donors (Lipinski definition) is 0. The lowest BCUT2D eigenvalue weighted by atomic mass is 10.1. The number of pyridine rings is 1. The second-order valence-electron chi connectivity index (χ2n) is 7.27. The van der Waals surface area contributed by atoms with Crippen LogP contribution < -0.4 is 4.90 Å². The third kappa shape index (κ3) is 4.99. The average Bonchev–Trinajstić information content (AvgIpc) is 2.63. The molecule has 1 aliphatic rings. The molecule has 0 amide bonds. The van der Waals surface area contributed by atoms with E-state index in [-0.39, 0.29) is 0 Å². The first kappa shape index (κ1) is 19.6. The van der Waals surface area contributed by atoms with Gasteiger partial charge in [-0.3, -0.25) is 4.90 Å². The Balaban J connectivity index is 1.81. The van der Waals surface area contributed by atoms with Crippen LogP contribution in [0.5, 0.6) is 0 Å². The smallest absolute Gasteiger partial charge is 0.363 e. The summed E-state index contributed by atoms with van der Waals surface area (Å²) in [4.78, 5) is 10.7. The van der Waals surface area contributed by atoms with E-state index >= 15 is 0 Å². The summed E-state index contributed by atoms with van der Waals surface area (Å²) in [6.45, 7) is 5.02. The lowest BCUT2D eigenvalue weighted by Crippen LogP contribution is -2.43. The maximum Gasteiger partial charge on any atom is 0.416 e. The maximum absolute atomic E-state index is 13.2. The summed E-state index contributed by atoms with van der Waals surface area (Å²) in [5.41, 5.74) is 1.49. The third-order valence-corrected chi connectivity index (χ3v) is 4.85. The van der Waals surface area contributed by atoms with Crippen LogP contribution in [0.4, 0.5) is 19.0 Å². The minimum absolute atomic E-state index is 0.293. The number of anilines is 1. The first-order valence-corrected chi connectivity index (χ1v) is 8.99.